The molecule has 2 saturated carbocycles. The van der Waals surface area contributed by atoms with Crippen molar-refractivity contribution >= 4 is 40.6 Å². The first-order valence-electron chi connectivity index (χ1n) is 12.8. The molecule has 38 heavy (non-hydrogen) atoms. The topological polar surface area (TPSA) is 129 Å². The quantitative estimate of drug-likeness (QED) is 0.401. The zero-order valence-electron chi connectivity index (χ0n) is 22.2. The van der Waals surface area contributed by atoms with Crippen molar-refractivity contribution in [2.45, 2.75) is 58.3 Å². The number of carbonyl (C=O) groups is 4. The maximum Gasteiger partial charge on any atom is 0.411 e. The third-order valence-corrected chi connectivity index (χ3v) is 6.77. The summed E-state index contributed by atoms with van der Waals surface area (Å²) in [5.74, 6) is -3.19. The van der Waals surface area contributed by atoms with Crippen LogP contribution < -0.4 is 10.6 Å². The van der Waals surface area contributed by atoms with Crippen LogP contribution in [0.15, 0.2) is 42.5 Å². The molecule has 0 bridgehead atoms. The van der Waals surface area contributed by atoms with Crippen molar-refractivity contribution in [1.29, 1.82) is 0 Å². The van der Waals surface area contributed by atoms with E-state index in [1.54, 1.807) is 40.7 Å². The summed E-state index contributed by atoms with van der Waals surface area (Å²) in [5.41, 5.74) is -1.91. The number of fused-ring (bicyclic) bond motifs is 2. The van der Waals surface area contributed by atoms with Gasteiger partial charge in [0.2, 0.25) is 0 Å². The molecule has 2 amide bonds. The number of esters is 2. The molecule has 0 aliphatic heterocycles. The second-order valence-electron chi connectivity index (χ2n) is 10.5. The van der Waals surface area contributed by atoms with Gasteiger partial charge in [0.15, 0.2) is 0 Å². The summed E-state index contributed by atoms with van der Waals surface area (Å²) in [6.45, 7) is 8.62. The number of nitrogens with one attached hydrogen (secondary N) is 2. The molecule has 204 valence electrons. The fourth-order valence-electron chi connectivity index (χ4n) is 5.39. The summed E-state index contributed by atoms with van der Waals surface area (Å²) in [4.78, 5) is 51.8. The molecule has 10 heteroatoms. The van der Waals surface area contributed by atoms with Crippen molar-refractivity contribution in [2.75, 3.05) is 18.5 Å². The van der Waals surface area contributed by atoms with Gasteiger partial charge in [0, 0.05) is 23.9 Å². The van der Waals surface area contributed by atoms with Crippen LogP contribution in [0.4, 0.5) is 15.3 Å². The minimum atomic E-state index is -1.62. The number of rotatable bonds is 7. The van der Waals surface area contributed by atoms with Gasteiger partial charge in [-0.2, -0.15) is 0 Å². The first-order valence-corrected chi connectivity index (χ1v) is 12.8. The van der Waals surface area contributed by atoms with Crippen LogP contribution in [-0.2, 0) is 28.5 Å². The normalized spacial score (nSPS) is 25.6. The predicted molar refractivity (Wildman–Crippen MR) is 138 cm³/mol. The average molecular weight is 527 g/mol. The average Bonchev–Trinajstić information content (AvgIpc) is 3.51. The molecule has 0 radical (unpaired) electrons. The minimum Gasteiger partial charge on any atom is -0.466 e. The van der Waals surface area contributed by atoms with E-state index >= 15 is 0 Å². The zero-order valence-corrected chi connectivity index (χ0v) is 22.2. The first-order chi connectivity index (χ1) is 18.0. The highest BCUT2D eigenvalue weighted by Gasteiger charge is 2.77. The Kier molecular flexibility index (Phi) is 7.53. The molecular weight excluding hydrogens is 492 g/mol. The Morgan fingerprint density at radius 3 is 2.29 bits per heavy atom. The van der Waals surface area contributed by atoms with Gasteiger partial charge >= 0.3 is 24.1 Å². The van der Waals surface area contributed by atoms with Crippen LogP contribution in [0, 0.1) is 17.8 Å². The number of benzene rings is 2. The van der Waals surface area contributed by atoms with E-state index in [9.17, 15) is 19.2 Å². The van der Waals surface area contributed by atoms with E-state index in [0.717, 1.165) is 10.8 Å². The Morgan fingerprint density at radius 1 is 0.947 bits per heavy atom. The third kappa shape index (κ3) is 5.54. The van der Waals surface area contributed by atoms with Gasteiger partial charge < -0.3 is 24.3 Å². The summed E-state index contributed by atoms with van der Waals surface area (Å²) in [6.07, 6.45) is -2.49. The van der Waals surface area contributed by atoms with Gasteiger partial charge in [-0.05, 0) is 57.5 Å². The maximum atomic E-state index is 13.3. The summed E-state index contributed by atoms with van der Waals surface area (Å²) < 4.78 is 21.7. The van der Waals surface area contributed by atoms with E-state index in [4.69, 9.17) is 18.9 Å². The predicted octanol–water partition coefficient (Wildman–Crippen LogP) is 4.41. The van der Waals surface area contributed by atoms with E-state index < -0.39 is 59.1 Å². The number of hydrogen-bond donors (Lipinski definition) is 2. The van der Waals surface area contributed by atoms with Gasteiger partial charge in [-0.25, -0.2) is 14.4 Å². The fourth-order valence-corrected chi connectivity index (χ4v) is 5.39. The summed E-state index contributed by atoms with van der Waals surface area (Å²) in [5, 5.41) is 7.35. The number of anilines is 1. The monoisotopic (exact) mass is 526 g/mol. The Labute approximate surface area is 221 Å². The molecule has 5 atom stereocenters. The molecule has 2 aromatic carbocycles. The molecule has 2 fully saturated rings. The first kappa shape index (κ1) is 27.2. The Hall–Kier alpha value is -3.82. The second-order valence-corrected chi connectivity index (χ2v) is 10.5. The second kappa shape index (κ2) is 10.5. The fraction of sp³-hybridized carbons (Fsp3) is 0.500. The van der Waals surface area contributed by atoms with Crippen molar-refractivity contribution < 1.29 is 38.1 Å². The van der Waals surface area contributed by atoms with E-state index in [-0.39, 0.29) is 19.6 Å². The zero-order chi connectivity index (χ0) is 27.7. The molecule has 10 nitrogen and oxygen atoms in total. The molecule has 0 saturated heterocycles. The lowest BCUT2D eigenvalue weighted by atomic mass is 9.89. The molecule has 2 aliphatic carbocycles. The van der Waals surface area contributed by atoms with E-state index in [0.29, 0.717) is 5.69 Å². The van der Waals surface area contributed by atoms with Crippen molar-refractivity contribution in [2.24, 2.45) is 17.8 Å². The molecule has 2 N–H and O–H groups in total. The van der Waals surface area contributed by atoms with Crippen molar-refractivity contribution in [3.63, 3.8) is 0 Å². The van der Waals surface area contributed by atoms with Gasteiger partial charge in [-0.1, -0.05) is 30.3 Å². The molecule has 2 aromatic rings. The van der Waals surface area contributed by atoms with Crippen LogP contribution >= 0.6 is 0 Å². The lowest BCUT2D eigenvalue weighted by molar-refractivity contribution is -0.154. The largest absolute Gasteiger partial charge is 0.466 e. The van der Waals surface area contributed by atoms with E-state index in [2.05, 4.69) is 10.6 Å². The highest BCUT2D eigenvalue weighted by atomic mass is 16.6. The number of carbonyl (C=O) groups excluding carboxylic acids is 4. The molecular formula is C28H34N2O8. The molecule has 0 aromatic heterocycles. The lowest BCUT2D eigenvalue weighted by Crippen LogP contribution is -2.58. The Morgan fingerprint density at radius 2 is 1.63 bits per heavy atom. The standard InChI is InChI=1S/C28H34N2O8/c1-6-35-23(31)21-20-19(37-25(33)29-18-13-12-16-10-8-9-11-17(16)14-18)15-28(22(20)21,24(32)36-7-2)30-26(34)38-27(3,4)5/h8-14,19-22H,6-7,15H2,1-5H3,(H,29,33)(H,30,34). The van der Waals surface area contributed by atoms with E-state index in [1.165, 1.54) is 0 Å². The van der Waals surface area contributed by atoms with Crippen LogP contribution in [0.3, 0.4) is 0 Å². The van der Waals surface area contributed by atoms with Crippen molar-refractivity contribution in [1.82, 2.24) is 5.32 Å². The SMILES string of the molecule is CCOC(=O)C1C2C(OC(=O)Nc3ccc4ccccc4c3)CC(NC(=O)OC(C)(C)C)(C(=O)OCC)C12. The van der Waals surface area contributed by atoms with Crippen LogP contribution in [0.25, 0.3) is 10.8 Å². The summed E-state index contributed by atoms with van der Waals surface area (Å²) in [6, 6.07) is 13.2. The highest BCUT2D eigenvalue weighted by molar-refractivity contribution is 5.93. The number of ether oxygens (including phenoxy) is 4. The lowest BCUT2D eigenvalue weighted by Gasteiger charge is -2.33. The third-order valence-electron chi connectivity index (χ3n) is 6.77. The highest BCUT2D eigenvalue weighted by Crippen LogP contribution is 2.64. The summed E-state index contributed by atoms with van der Waals surface area (Å²) in [7, 11) is 0. The van der Waals surface area contributed by atoms with Gasteiger partial charge in [0.05, 0.1) is 19.1 Å². The number of amides is 2. The minimum absolute atomic E-state index is 0.0615. The summed E-state index contributed by atoms with van der Waals surface area (Å²) >= 11 is 0. The number of alkyl carbamates (subject to hydrolysis) is 1. The van der Waals surface area contributed by atoms with Gasteiger partial charge in [0.1, 0.15) is 17.2 Å². The van der Waals surface area contributed by atoms with Crippen LogP contribution in [0.2, 0.25) is 0 Å². The van der Waals surface area contributed by atoms with E-state index in [1.807, 2.05) is 36.4 Å². The maximum absolute atomic E-state index is 13.3. The van der Waals surface area contributed by atoms with Crippen LogP contribution in [0.5, 0.6) is 0 Å². The van der Waals surface area contributed by atoms with Crippen molar-refractivity contribution in [3.05, 3.63) is 42.5 Å². The van der Waals surface area contributed by atoms with Crippen LogP contribution in [0.1, 0.15) is 41.0 Å². The molecule has 4 rings (SSSR count). The molecule has 5 unspecified atom stereocenters. The Balaban J connectivity index is 1.57. The molecule has 2 aliphatic rings. The number of hydrogen-bond acceptors (Lipinski definition) is 8. The van der Waals surface area contributed by atoms with Crippen LogP contribution in [-0.4, -0.2) is 54.6 Å². The van der Waals surface area contributed by atoms with Gasteiger partial charge in [-0.3, -0.25) is 10.1 Å². The molecule has 0 heterocycles. The Bertz CT molecular complexity index is 1240. The smallest absolute Gasteiger partial charge is 0.411 e. The van der Waals surface area contributed by atoms with Crippen molar-refractivity contribution in [3.8, 4) is 0 Å². The van der Waals surface area contributed by atoms with Gasteiger partial charge in [0.25, 0.3) is 0 Å². The molecule has 0 spiro atoms. The van der Waals surface area contributed by atoms with Gasteiger partial charge in [-0.15, -0.1) is 0 Å².